The molecule has 0 fully saturated rings. The van der Waals surface area contributed by atoms with Crippen molar-refractivity contribution in [2.45, 2.75) is 6.18 Å². The van der Waals surface area contributed by atoms with Crippen LogP contribution in [0.5, 0.6) is 5.75 Å². The third kappa shape index (κ3) is 3.11. The highest BCUT2D eigenvalue weighted by atomic mass is 19.4. The molecule has 0 heterocycles. The Balaban J connectivity index is 2.70. The van der Waals surface area contributed by atoms with E-state index >= 15 is 0 Å². The van der Waals surface area contributed by atoms with Gasteiger partial charge in [-0.15, -0.1) is 0 Å². The molecule has 0 saturated heterocycles. The summed E-state index contributed by atoms with van der Waals surface area (Å²) in [7, 11) is 1.10. The number of nitriles is 1. The highest BCUT2D eigenvalue weighted by molar-refractivity contribution is 6.08. The first-order chi connectivity index (χ1) is 10.4. The van der Waals surface area contributed by atoms with E-state index in [1.165, 1.54) is 6.07 Å². The van der Waals surface area contributed by atoms with E-state index in [1.807, 2.05) is 0 Å². The fourth-order valence-electron chi connectivity index (χ4n) is 2.02. The van der Waals surface area contributed by atoms with E-state index in [-0.39, 0.29) is 11.1 Å². The molecule has 7 heteroatoms. The molecule has 0 radical (unpaired) electrons. The quantitative estimate of drug-likeness (QED) is 0.815. The molecule has 0 aliphatic rings. The molecule has 0 aliphatic carbocycles. The number of benzene rings is 2. The van der Waals surface area contributed by atoms with Crippen LogP contribution in [-0.2, 0) is 4.74 Å². The molecule has 0 atom stereocenters. The molecule has 2 aromatic rings. The van der Waals surface area contributed by atoms with Gasteiger partial charge in [0.25, 0.3) is 0 Å². The minimum absolute atomic E-state index is 0.164. The van der Waals surface area contributed by atoms with Gasteiger partial charge in [0.15, 0.2) is 12.4 Å². The Morgan fingerprint density at radius 1 is 1.32 bits per heavy atom. The molecule has 0 bridgehead atoms. The number of rotatable bonds is 3. The highest BCUT2D eigenvalue weighted by Crippen LogP contribution is 2.33. The fourth-order valence-corrected chi connectivity index (χ4v) is 2.02. The molecule has 0 saturated carbocycles. The minimum atomic E-state index is -4.59. The number of esters is 1. The average molecular weight is 309 g/mol. The molecule has 0 aromatic heterocycles. The largest absolute Gasteiger partial charge is 0.482 e. The summed E-state index contributed by atoms with van der Waals surface area (Å²) in [6.07, 6.45) is -4.59. The Morgan fingerprint density at radius 2 is 2.00 bits per heavy atom. The summed E-state index contributed by atoms with van der Waals surface area (Å²) < 4.78 is 46.5. The van der Waals surface area contributed by atoms with E-state index in [2.05, 4.69) is 4.74 Å². The van der Waals surface area contributed by atoms with Crippen molar-refractivity contribution in [1.82, 2.24) is 0 Å². The Hall–Kier alpha value is -2.75. The van der Waals surface area contributed by atoms with Gasteiger partial charge in [-0.1, -0.05) is 24.3 Å². The van der Waals surface area contributed by atoms with Crippen LogP contribution >= 0.6 is 0 Å². The first-order valence-electron chi connectivity index (χ1n) is 6.11. The van der Waals surface area contributed by atoms with Gasteiger partial charge < -0.3 is 9.47 Å². The van der Waals surface area contributed by atoms with Crippen LogP contribution in [-0.4, -0.2) is 25.9 Å². The first-order valence-corrected chi connectivity index (χ1v) is 6.11. The summed E-state index contributed by atoms with van der Waals surface area (Å²) in [5, 5.41) is 10.0. The Morgan fingerprint density at radius 3 is 2.59 bits per heavy atom. The number of hydrogen-bond acceptors (Lipinski definition) is 4. The van der Waals surface area contributed by atoms with Gasteiger partial charge in [0, 0.05) is 5.39 Å². The average Bonchev–Trinajstić information content (AvgIpc) is 2.49. The number of halogens is 3. The predicted octanol–water partition coefficient (Wildman–Crippen LogP) is 3.44. The van der Waals surface area contributed by atoms with Gasteiger partial charge in [-0.25, -0.2) is 4.79 Å². The smallest absolute Gasteiger partial charge is 0.422 e. The van der Waals surface area contributed by atoms with E-state index in [0.29, 0.717) is 10.8 Å². The molecule has 2 aromatic carbocycles. The number of alkyl halides is 3. The Kier molecular flexibility index (Phi) is 4.22. The number of fused-ring (bicyclic) bond motifs is 1. The van der Waals surface area contributed by atoms with Crippen LogP contribution in [0.2, 0.25) is 0 Å². The number of carbonyl (C=O) groups excluding carboxylic acids is 1. The molecular weight excluding hydrogens is 299 g/mol. The summed E-state index contributed by atoms with van der Waals surface area (Å²) >= 11 is 0. The predicted molar refractivity (Wildman–Crippen MR) is 71.6 cm³/mol. The summed E-state index contributed by atoms with van der Waals surface area (Å²) in [5.74, 6) is -1.30. The summed E-state index contributed by atoms with van der Waals surface area (Å²) in [6.45, 7) is -1.61. The van der Waals surface area contributed by atoms with Crippen molar-refractivity contribution in [1.29, 1.82) is 5.26 Å². The van der Waals surface area contributed by atoms with Gasteiger partial charge in [0.2, 0.25) is 0 Å². The molecule has 0 amide bonds. The number of carbonyl (C=O) groups is 1. The Bertz CT molecular complexity index is 763. The molecule has 2 rings (SSSR count). The lowest BCUT2D eigenvalue weighted by atomic mass is 9.99. The maximum Gasteiger partial charge on any atom is 0.422 e. The molecular formula is C15H10F3NO3. The zero-order valence-electron chi connectivity index (χ0n) is 11.4. The Labute approximate surface area is 123 Å². The van der Waals surface area contributed by atoms with Crippen molar-refractivity contribution in [3.63, 3.8) is 0 Å². The zero-order chi connectivity index (χ0) is 16.3. The van der Waals surface area contributed by atoms with Crippen LogP contribution < -0.4 is 4.74 Å². The van der Waals surface area contributed by atoms with Crippen molar-refractivity contribution in [2.75, 3.05) is 13.7 Å². The van der Waals surface area contributed by atoms with Gasteiger partial charge in [0.05, 0.1) is 12.7 Å². The molecule has 0 N–H and O–H groups in total. The van der Waals surface area contributed by atoms with E-state index in [1.54, 1.807) is 30.3 Å². The van der Waals surface area contributed by atoms with Gasteiger partial charge in [-0.2, -0.15) is 18.4 Å². The van der Waals surface area contributed by atoms with Crippen molar-refractivity contribution in [3.05, 3.63) is 41.5 Å². The van der Waals surface area contributed by atoms with Crippen LogP contribution in [0.25, 0.3) is 10.8 Å². The maximum atomic E-state index is 12.4. The summed E-state index contributed by atoms with van der Waals surface area (Å²) in [4.78, 5) is 11.9. The second kappa shape index (κ2) is 5.93. The summed E-state index contributed by atoms with van der Waals surface area (Å²) in [6, 6.07) is 9.59. The molecule has 22 heavy (non-hydrogen) atoms. The van der Waals surface area contributed by atoms with Crippen molar-refractivity contribution in [2.24, 2.45) is 0 Å². The van der Waals surface area contributed by atoms with E-state index in [9.17, 15) is 18.0 Å². The third-order valence-corrected chi connectivity index (χ3v) is 2.89. The lowest BCUT2D eigenvalue weighted by Gasteiger charge is -2.15. The van der Waals surface area contributed by atoms with E-state index in [0.717, 1.165) is 7.11 Å². The number of ether oxygens (including phenoxy) is 2. The first kappa shape index (κ1) is 15.6. The lowest BCUT2D eigenvalue weighted by molar-refractivity contribution is -0.153. The second-order valence-corrected chi connectivity index (χ2v) is 4.36. The van der Waals surface area contributed by atoms with Gasteiger partial charge in [-0.05, 0) is 11.5 Å². The van der Waals surface area contributed by atoms with Crippen LogP contribution in [0, 0.1) is 11.3 Å². The van der Waals surface area contributed by atoms with Crippen molar-refractivity contribution in [3.8, 4) is 11.8 Å². The topological polar surface area (TPSA) is 59.3 Å². The van der Waals surface area contributed by atoms with Crippen LogP contribution in [0.3, 0.4) is 0 Å². The van der Waals surface area contributed by atoms with E-state index < -0.39 is 24.5 Å². The molecule has 0 unspecified atom stereocenters. The lowest BCUT2D eigenvalue weighted by Crippen LogP contribution is -2.21. The molecule has 0 spiro atoms. The van der Waals surface area contributed by atoms with Crippen LogP contribution in [0.15, 0.2) is 30.3 Å². The molecule has 0 aliphatic heterocycles. The third-order valence-electron chi connectivity index (χ3n) is 2.89. The number of hydrogen-bond donors (Lipinski definition) is 0. The SMILES string of the molecule is COC(=O)c1c(OCC(F)(F)F)c(C#N)cc2ccccc12. The van der Waals surface area contributed by atoms with Crippen LogP contribution in [0.1, 0.15) is 15.9 Å². The van der Waals surface area contributed by atoms with Crippen LogP contribution in [0.4, 0.5) is 13.2 Å². The number of nitrogens with zero attached hydrogens (tertiary/aromatic N) is 1. The fraction of sp³-hybridized carbons (Fsp3) is 0.200. The van der Waals surface area contributed by atoms with Crippen molar-refractivity contribution < 1.29 is 27.4 Å². The van der Waals surface area contributed by atoms with Gasteiger partial charge in [-0.3, -0.25) is 0 Å². The molecule has 4 nitrogen and oxygen atoms in total. The highest BCUT2D eigenvalue weighted by Gasteiger charge is 2.31. The van der Waals surface area contributed by atoms with E-state index in [4.69, 9.17) is 10.00 Å². The maximum absolute atomic E-state index is 12.4. The second-order valence-electron chi connectivity index (χ2n) is 4.36. The van der Waals surface area contributed by atoms with Crippen molar-refractivity contribution >= 4 is 16.7 Å². The normalized spacial score (nSPS) is 11.0. The standard InChI is InChI=1S/C15H10F3NO3/c1-21-14(20)12-11-5-3-2-4-9(11)6-10(7-19)13(12)22-8-15(16,17)18/h2-6H,8H2,1H3. The number of methoxy groups -OCH3 is 1. The van der Waals surface area contributed by atoms with Gasteiger partial charge in [0.1, 0.15) is 11.6 Å². The minimum Gasteiger partial charge on any atom is -0.482 e. The monoisotopic (exact) mass is 309 g/mol. The zero-order valence-corrected chi connectivity index (χ0v) is 11.4. The summed E-state index contributed by atoms with van der Waals surface area (Å²) in [5.41, 5.74) is -0.357. The molecule has 114 valence electrons. The van der Waals surface area contributed by atoms with Gasteiger partial charge >= 0.3 is 12.1 Å².